The van der Waals surface area contributed by atoms with Gasteiger partial charge in [-0.1, -0.05) is 18.6 Å². The number of benzene rings is 1. The molecule has 2 amide bonds. The topological polar surface area (TPSA) is 83.4 Å². The lowest BCUT2D eigenvalue weighted by molar-refractivity contribution is -0.123. The van der Waals surface area contributed by atoms with Crippen LogP contribution in [0.2, 0.25) is 0 Å². The molecule has 6 nitrogen and oxygen atoms in total. The second-order valence-corrected chi connectivity index (χ2v) is 5.85. The second kappa shape index (κ2) is 9.25. The van der Waals surface area contributed by atoms with Gasteiger partial charge in [-0.25, -0.2) is 0 Å². The fourth-order valence-corrected chi connectivity index (χ4v) is 2.69. The van der Waals surface area contributed by atoms with E-state index < -0.39 is 0 Å². The van der Waals surface area contributed by atoms with E-state index in [4.69, 9.17) is 4.42 Å². The third-order valence-electron chi connectivity index (χ3n) is 4.05. The number of carbonyl (C=O) groups excluding carboxylic acids is 2. The number of amides is 2. The first-order chi connectivity index (χ1) is 11.7. The molecule has 1 saturated heterocycles. The Morgan fingerprint density at radius 2 is 1.96 bits per heavy atom. The van der Waals surface area contributed by atoms with E-state index >= 15 is 0 Å². The van der Waals surface area contributed by atoms with Crippen LogP contribution in [-0.4, -0.2) is 24.4 Å². The summed E-state index contributed by atoms with van der Waals surface area (Å²) in [5.41, 5.74) is 1.66. The van der Waals surface area contributed by atoms with Crippen molar-refractivity contribution >= 4 is 29.9 Å². The van der Waals surface area contributed by atoms with Gasteiger partial charge in [0, 0.05) is 12.2 Å². The highest BCUT2D eigenvalue weighted by Gasteiger charge is 2.19. The van der Waals surface area contributed by atoms with Crippen LogP contribution in [0.4, 0.5) is 5.69 Å². The van der Waals surface area contributed by atoms with E-state index in [1.807, 2.05) is 12.1 Å². The van der Waals surface area contributed by atoms with Crippen molar-refractivity contribution in [3.05, 3.63) is 54.0 Å². The molecule has 1 unspecified atom stereocenters. The average Bonchev–Trinajstić information content (AvgIpc) is 3.16. The molecule has 0 radical (unpaired) electrons. The zero-order chi connectivity index (χ0) is 16.8. The third kappa shape index (κ3) is 5.34. The van der Waals surface area contributed by atoms with Crippen molar-refractivity contribution < 1.29 is 14.0 Å². The molecule has 2 heterocycles. The molecule has 1 aromatic heterocycles. The lowest BCUT2D eigenvalue weighted by Gasteiger charge is -2.22. The number of furan rings is 1. The first-order valence-corrected chi connectivity index (χ1v) is 8.17. The van der Waals surface area contributed by atoms with E-state index in [-0.39, 0.29) is 36.0 Å². The van der Waals surface area contributed by atoms with Gasteiger partial charge in [0.15, 0.2) is 5.76 Å². The molecule has 3 N–H and O–H groups in total. The second-order valence-electron chi connectivity index (χ2n) is 5.85. The standard InChI is InChI=1S/C18H21N3O3.ClH/c22-17(15-4-1-2-10-19-15)20-12-13-6-8-14(9-7-13)21-18(23)16-5-3-11-24-16;/h3,5-9,11,15,19H,1-2,4,10,12H2,(H,20,22)(H,21,23);1H. The summed E-state index contributed by atoms with van der Waals surface area (Å²) in [5.74, 6) is 0.0284. The Hall–Kier alpha value is -2.31. The van der Waals surface area contributed by atoms with Crippen LogP contribution in [0.15, 0.2) is 47.1 Å². The first kappa shape index (κ1) is 19.0. The summed E-state index contributed by atoms with van der Waals surface area (Å²) in [6.45, 7) is 1.38. The molecule has 0 saturated carbocycles. The average molecular weight is 364 g/mol. The monoisotopic (exact) mass is 363 g/mol. The minimum atomic E-state index is -0.288. The SMILES string of the molecule is Cl.O=C(Nc1ccc(CNC(=O)C2CCCCN2)cc1)c1ccco1. The molecular weight excluding hydrogens is 342 g/mol. The lowest BCUT2D eigenvalue weighted by atomic mass is 10.0. The van der Waals surface area contributed by atoms with Crippen LogP contribution < -0.4 is 16.0 Å². The van der Waals surface area contributed by atoms with Gasteiger partial charge >= 0.3 is 0 Å². The number of carbonyl (C=O) groups is 2. The molecule has 1 atom stereocenters. The van der Waals surface area contributed by atoms with Crippen molar-refractivity contribution in [2.75, 3.05) is 11.9 Å². The molecule has 1 fully saturated rings. The van der Waals surface area contributed by atoms with Gasteiger partial charge in [0.1, 0.15) is 0 Å². The quantitative estimate of drug-likeness (QED) is 0.762. The summed E-state index contributed by atoms with van der Waals surface area (Å²) >= 11 is 0. The minimum absolute atomic E-state index is 0. The highest BCUT2D eigenvalue weighted by atomic mass is 35.5. The van der Waals surface area contributed by atoms with Gasteiger partial charge in [-0.2, -0.15) is 0 Å². The van der Waals surface area contributed by atoms with E-state index in [2.05, 4.69) is 16.0 Å². The van der Waals surface area contributed by atoms with Crippen molar-refractivity contribution in [1.29, 1.82) is 0 Å². The Morgan fingerprint density at radius 1 is 1.16 bits per heavy atom. The number of hydrogen-bond donors (Lipinski definition) is 3. The molecule has 0 spiro atoms. The molecule has 134 valence electrons. The molecular formula is C18H22ClN3O3. The normalized spacial score (nSPS) is 16.6. The molecule has 25 heavy (non-hydrogen) atoms. The summed E-state index contributed by atoms with van der Waals surface area (Å²) in [7, 11) is 0. The van der Waals surface area contributed by atoms with Crippen LogP contribution in [0.5, 0.6) is 0 Å². The predicted octanol–water partition coefficient (Wildman–Crippen LogP) is 2.71. The van der Waals surface area contributed by atoms with Gasteiger partial charge in [0.2, 0.25) is 5.91 Å². The molecule has 0 aliphatic carbocycles. The number of anilines is 1. The summed E-state index contributed by atoms with van der Waals surface area (Å²) in [4.78, 5) is 24.0. The molecule has 1 aliphatic heterocycles. The molecule has 3 rings (SSSR count). The molecule has 1 aliphatic rings. The summed E-state index contributed by atoms with van der Waals surface area (Å²) in [5, 5.41) is 8.94. The minimum Gasteiger partial charge on any atom is -0.459 e. The van der Waals surface area contributed by atoms with Crippen LogP contribution >= 0.6 is 12.4 Å². The maximum absolute atomic E-state index is 12.1. The maximum atomic E-state index is 12.1. The van der Waals surface area contributed by atoms with Crippen LogP contribution in [0, 0.1) is 0 Å². The van der Waals surface area contributed by atoms with Crippen molar-refractivity contribution in [2.24, 2.45) is 0 Å². The van der Waals surface area contributed by atoms with Crippen LogP contribution in [0.1, 0.15) is 35.4 Å². The number of halogens is 1. The van der Waals surface area contributed by atoms with Crippen LogP contribution in [0.3, 0.4) is 0 Å². The zero-order valence-electron chi connectivity index (χ0n) is 13.8. The smallest absolute Gasteiger partial charge is 0.291 e. The largest absolute Gasteiger partial charge is 0.459 e. The van der Waals surface area contributed by atoms with E-state index in [0.717, 1.165) is 31.4 Å². The summed E-state index contributed by atoms with van der Waals surface area (Å²) in [6.07, 6.45) is 4.58. The van der Waals surface area contributed by atoms with E-state index in [1.165, 1.54) is 6.26 Å². The molecule has 1 aromatic carbocycles. The Morgan fingerprint density at radius 3 is 2.60 bits per heavy atom. The van der Waals surface area contributed by atoms with Crippen molar-refractivity contribution in [3.8, 4) is 0 Å². The van der Waals surface area contributed by atoms with Gasteiger partial charge in [-0.3, -0.25) is 9.59 Å². The van der Waals surface area contributed by atoms with Gasteiger partial charge in [0.25, 0.3) is 5.91 Å². The Labute approximate surface area is 152 Å². The van der Waals surface area contributed by atoms with Crippen molar-refractivity contribution in [1.82, 2.24) is 10.6 Å². The van der Waals surface area contributed by atoms with Gasteiger partial charge in [0.05, 0.1) is 12.3 Å². The predicted molar refractivity (Wildman–Crippen MR) is 97.8 cm³/mol. The number of rotatable bonds is 5. The van der Waals surface area contributed by atoms with E-state index in [9.17, 15) is 9.59 Å². The Bertz CT molecular complexity index is 680. The molecule has 7 heteroatoms. The number of piperidine rings is 1. The summed E-state index contributed by atoms with van der Waals surface area (Å²) in [6, 6.07) is 10.6. The third-order valence-corrected chi connectivity index (χ3v) is 4.05. The first-order valence-electron chi connectivity index (χ1n) is 8.17. The van der Waals surface area contributed by atoms with Gasteiger partial charge in [-0.05, 0) is 49.2 Å². The van der Waals surface area contributed by atoms with E-state index in [0.29, 0.717) is 12.2 Å². The molecule has 2 aromatic rings. The highest BCUT2D eigenvalue weighted by Crippen LogP contribution is 2.12. The highest BCUT2D eigenvalue weighted by molar-refractivity contribution is 6.02. The van der Waals surface area contributed by atoms with Gasteiger partial charge < -0.3 is 20.4 Å². The van der Waals surface area contributed by atoms with Crippen molar-refractivity contribution in [3.63, 3.8) is 0 Å². The Kier molecular flexibility index (Phi) is 7.03. The van der Waals surface area contributed by atoms with E-state index in [1.54, 1.807) is 24.3 Å². The fraction of sp³-hybridized carbons (Fsp3) is 0.333. The van der Waals surface area contributed by atoms with Crippen LogP contribution in [0.25, 0.3) is 0 Å². The Balaban J connectivity index is 0.00000225. The number of nitrogens with one attached hydrogen (secondary N) is 3. The lowest BCUT2D eigenvalue weighted by Crippen LogP contribution is -2.46. The maximum Gasteiger partial charge on any atom is 0.291 e. The molecule has 0 bridgehead atoms. The zero-order valence-corrected chi connectivity index (χ0v) is 14.6. The van der Waals surface area contributed by atoms with Crippen LogP contribution in [-0.2, 0) is 11.3 Å². The fourth-order valence-electron chi connectivity index (χ4n) is 2.69. The summed E-state index contributed by atoms with van der Waals surface area (Å²) < 4.78 is 5.05. The number of hydrogen-bond acceptors (Lipinski definition) is 4. The van der Waals surface area contributed by atoms with Crippen molar-refractivity contribution in [2.45, 2.75) is 31.8 Å². The van der Waals surface area contributed by atoms with Gasteiger partial charge in [-0.15, -0.1) is 12.4 Å².